The molecule has 0 saturated carbocycles. The number of hydrogen-bond donors (Lipinski definition) is 1. The second-order valence-electron chi connectivity index (χ2n) is 7.38. The fraction of sp³-hybridized carbons (Fsp3) is 0.400. The fourth-order valence-corrected chi connectivity index (χ4v) is 3.81. The molecule has 30 heavy (non-hydrogen) atoms. The molecule has 4 rings (SSSR count). The van der Waals surface area contributed by atoms with Gasteiger partial charge in [0.05, 0.1) is 29.7 Å². The molecular weight excluding hydrogens is 399 g/mol. The van der Waals surface area contributed by atoms with Gasteiger partial charge in [-0.2, -0.15) is 18.3 Å². The minimum atomic E-state index is -4.55. The molecule has 3 aromatic rings. The number of hydrogen-bond acceptors (Lipinski definition) is 5. The standard InChI is InChI=1S/C20H20F3N5O2/c1-3-27-9-13(4-5-17(27)30)28-10-15-19(26-28)25-14(8-24-15)18-11(2)6-12(7-16(18)29)20(21,22)23/h6-8,10,13,29H,3-5,9H2,1-2H3. The predicted molar refractivity (Wildman–Crippen MR) is 103 cm³/mol. The number of piperidine rings is 1. The van der Waals surface area contributed by atoms with Crippen LogP contribution >= 0.6 is 0 Å². The predicted octanol–water partition coefficient (Wildman–Crippen LogP) is 3.71. The first kappa shape index (κ1) is 20.1. The summed E-state index contributed by atoms with van der Waals surface area (Å²) in [4.78, 5) is 22.4. The lowest BCUT2D eigenvalue weighted by molar-refractivity contribution is -0.137. The first-order valence-electron chi connectivity index (χ1n) is 9.58. The van der Waals surface area contributed by atoms with Crippen molar-refractivity contribution in [1.29, 1.82) is 0 Å². The Balaban J connectivity index is 1.69. The number of likely N-dealkylation sites (N-methyl/N-ethyl adjacent to an activating group) is 1. The van der Waals surface area contributed by atoms with Crippen LogP contribution in [-0.2, 0) is 11.0 Å². The number of alkyl halides is 3. The van der Waals surface area contributed by atoms with Gasteiger partial charge < -0.3 is 10.0 Å². The van der Waals surface area contributed by atoms with Crippen LogP contribution in [-0.4, -0.2) is 48.8 Å². The fourth-order valence-electron chi connectivity index (χ4n) is 3.81. The molecule has 1 N–H and O–H groups in total. The van der Waals surface area contributed by atoms with E-state index in [1.165, 1.54) is 13.1 Å². The third-order valence-corrected chi connectivity index (χ3v) is 5.38. The molecule has 1 aromatic carbocycles. The second kappa shape index (κ2) is 7.26. The average molecular weight is 419 g/mol. The number of aromatic nitrogens is 4. The minimum Gasteiger partial charge on any atom is -0.507 e. The van der Waals surface area contributed by atoms with E-state index >= 15 is 0 Å². The minimum absolute atomic E-state index is 0.00306. The molecular formula is C20H20F3N5O2. The summed E-state index contributed by atoms with van der Waals surface area (Å²) >= 11 is 0. The summed E-state index contributed by atoms with van der Waals surface area (Å²) in [5.41, 5.74) is 0.596. The number of phenolic OH excluding ortho intramolecular Hbond substituents is 1. The van der Waals surface area contributed by atoms with E-state index in [1.807, 2.05) is 6.92 Å². The SMILES string of the molecule is CCN1CC(n2cc3ncc(-c4c(C)cc(C(F)(F)F)cc4O)nc3n2)CCC1=O. The number of halogens is 3. The summed E-state index contributed by atoms with van der Waals surface area (Å²) in [6, 6.07) is 1.66. The molecule has 0 radical (unpaired) electrons. The Hall–Kier alpha value is -3.17. The molecule has 0 aliphatic carbocycles. The van der Waals surface area contributed by atoms with Gasteiger partial charge in [-0.1, -0.05) is 0 Å². The van der Waals surface area contributed by atoms with Crippen LogP contribution in [0, 0.1) is 6.92 Å². The molecule has 158 valence electrons. The lowest BCUT2D eigenvalue weighted by Gasteiger charge is -2.31. The number of benzene rings is 1. The van der Waals surface area contributed by atoms with Crippen molar-refractivity contribution in [2.75, 3.05) is 13.1 Å². The maximum atomic E-state index is 13.0. The Morgan fingerprint density at radius 2 is 2.07 bits per heavy atom. The van der Waals surface area contributed by atoms with E-state index < -0.39 is 17.5 Å². The van der Waals surface area contributed by atoms with Crippen LogP contribution in [0.25, 0.3) is 22.4 Å². The third kappa shape index (κ3) is 3.57. The lowest BCUT2D eigenvalue weighted by atomic mass is 10.0. The van der Waals surface area contributed by atoms with E-state index in [9.17, 15) is 23.1 Å². The molecule has 3 heterocycles. The molecule has 2 aromatic heterocycles. The number of nitrogens with zero attached hydrogens (tertiary/aromatic N) is 5. The normalized spacial score (nSPS) is 17.7. The molecule has 1 aliphatic rings. The van der Waals surface area contributed by atoms with Crippen molar-refractivity contribution in [3.05, 3.63) is 35.7 Å². The first-order valence-corrected chi connectivity index (χ1v) is 9.58. The lowest BCUT2D eigenvalue weighted by Crippen LogP contribution is -2.40. The van der Waals surface area contributed by atoms with Gasteiger partial charge in [0.1, 0.15) is 11.3 Å². The first-order chi connectivity index (χ1) is 14.2. The number of aromatic hydroxyl groups is 1. The number of amides is 1. The van der Waals surface area contributed by atoms with E-state index in [-0.39, 0.29) is 28.8 Å². The van der Waals surface area contributed by atoms with Crippen molar-refractivity contribution in [2.24, 2.45) is 0 Å². The number of carbonyl (C=O) groups is 1. The van der Waals surface area contributed by atoms with Crippen LogP contribution in [0.3, 0.4) is 0 Å². The Kier molecular flexibility index (Phi) is 4.87. The molecule has 1 saturated heterocycles. The van der Waals surface area contributed by atoms with Crippen molar-refractivity contribution in [1.82, 2.24) is 24.6 Å². The molecule has 10 heteroatoms. The van der Waals surface area contributed by atoms with E-state index in [1.54, 1.807) is 15.8 Å². The quantitative estimate of drug-likeness (QED) is 0.700. The molecule has 0 bridgehead atoms. The van der Waals surface area contributed by atoms with Gasteiger partial charge >= 0.3 is 6.18 Å². The zero-order valence-electron chi connectivity index (χ0n) is 16.4. The van der Waals surface area contributed by atoms with Crippen LogP contribution < -0.4 is 0 Å². The van der Waals surface area contributed by atoms with Gasteiger partial charge in [0.15, 0.2) is 5.65 Å². The van der Waals surface area contributed by atoms with Crippen molar-refractivity contribution in [3.8, 4) is 17.0 Å². The molecule has 1 atom stereocenters. The second-order valence-corrected chi connectivity index (χ2v) is 7.38. The Labute approximate surface area is 170 Å². The molecule has 1 fully saturated rings. The summed E-state index contributed by atoms with van der Waals surface area (Å²) in [5.74, 6) is -0.392. The number of rotatable bonds is 3. The van der Waals surface area contributed by atoms with Gasteiger partial charge in [-0.05, 0) is 38.0 Å². The zero-order valence-corrected chi connectivity index (χ0v) is 16.4. The van der Waals surface area contributed by atoms with Gasteiger partial charge in [-0.3, -0.25) is 9.48 Å². The van der Waals surface area contributed by atoms with Gasteiger partial charge in [0, 0.05) is 25.1 Å². The largest absolute Gasteiger partial charge is 0.507 e. The maximum Gasteiger partial charge on any atom is 0.416 e. The van der Waals surface area contributed by atoms with E-state index in [0.717, 1.165) is 6.07 Å². The van der Waals surface area contributed by atoms with E-state index in [0.29, 0.717) is 43.2 Å². The van der Waals surface area contributed by atoms with Crippen LogP contribution in [0.15, 0.2) is 24.5 Å². The van der Waals surface area contributed by atoms with Crippen LogP contribution in [0.2, 0.25) is 0 Å². The summed E-state index contributed by atoms with van der Waals surface area (Å²) in [6.45, 7) is 4.58. The Morgan fingerprint density at radius 3 is 2.73 bits per heavy atom. The number of carbonyl (C=O) groups excluding carboxylic acids is 1. The summed E-state index contributed by atoms with van der Waals surface area (Å²) < 4.78 is 40.7. The van der Waals surface area contributed by atoms with Gasteiger partial charge in [-0.25, -0.2) is 9.97 Å². The highest BCUT2D eigenvalue weighted by Gasteiger charge is 2.32. The maximum absolute atomic E-state index is 13.0. The monoisotopic (exact) mass is 419 g/mol. The number of fused-ring (bicyclic) bond motifs is 1. The zero-order chi connectivity index (χ0) is 21.6. The van der Waals surface area contributed by atoms with Crippen molar-refractivity contribution < 1.29 is 23.1 Å². The highest BCUT2D eigenvalue weighted by Crippen LogP contribution is 2.38. The van der Waals surface area contributed by atoms with Gasteiger partial charge in [0.2, 0.25) is 5.91 Å². The Bertz CT molecular complexity index is 1100. The summed E-state index contributed by atoms with van der Waals surface area (Å²) in [5, 5.41) is 14.7. The molecule has 0 spiro atoms. The molecule has 1 unspecified atom stereocenters. The average Bonchev–Trinajstić information content (AvgIpc) is 3.10. The highest BCUT2D eigenvalue weighted by atomic mass is 19.4. The summed E-state index contributed by atoms with van der Waals surface area (Å²) in [7, 11) is 0. The molecule has 1 amide bonds. The number of aryl methyl sites for hydroxylation is 1. The molecule has 7 nitrogen and oxygen atoms in total. The Morgan fingerprint density at radius 1 is 1.30 bits per heavy atom. The smallest absolute Gasteiger partial charge is 0.416 e. The number of likely N-dealkylation sites (tertiary alicyclic amines) is 1. The van der Waals surface area contributed by atoms with Crippen LogP contribution in [0.4, 0.5) is 13.2 Å². The van der Waals surface area contributed by atoms with Crippen molar-refractivity contribution >= 4 is 17.1 Å². The van der Waals surface area contributed by atoms with Gasteiger partial charge in [-0.15, -0.1) is 0 Å². The summed E-state index contributed by atoms with van der Waals surface area (Å²) in [6.07, 6.45) is -0.288. The van der Waals surface area contributed by atoms with Crippen LogP contribution in [0.5, 0.6) is 5.75 Å². The topological polar surface area (TPSA) is 84.1 Å². The van der Waals surface area contributed by atoms with Crippen LogP contribution in [0.1, 0.15) is 36.9 Å². The van der Waals surface area contributed by atoms with Crippen molar-refractivity contribution in [3.63, 3.8) is 0 Å². The van der Waals surface area contributed by atoms with Crippen molar-refractivity contribution in [2.45, 2.75) is 38.9 Å². The number of phenols is 1. The van der Waals surface area contributed by atoms with E-state index in [2.05, 4.69) is 15.1 Å². The van der Waals surface area contributed by atoms with Gasteiger partial charge in [0.25, 0.3) is 0 Å². The highest BCUT2D eigenvalue weighted by molar-refractivity contribution is 5.78. The van der Waals surface area contributed by atoms with E-state index in [4.69, 9.17) is 0 Å². The molecule has 1 aliphatic heterocycles. The third-order valence-electron chi connectivity index (χ3n) is 5.38.